The maximum atomic E-state index is 12.9. The summed E-state index contributed by atoms with van der Waals surface area (Å²) in [6, 6.07) is 7.60. The Morgan fingerprint density at radius 3 is 2.57 bits per heavy atom. The molecule has 7 heteroatoms. The fraction of sp³-hybridized carbons (Fsp3) is 0.348. The molecular formula is C23H26N6O. The van der Waals surface area contributed by atoms with Crippen LogP contribution in [-0.2, 0) is 0 Å². The molecule has 0 spiro atoms. The van der Waals surface area contributed by atoms with E-state index in [1.807, 2.05) is 55.0 Å². The van der Waals surface area contributed by atoms with Crippen LogP contribution >= 0.6 is 0 Å². The molecule has 1 aliphatic rings. The SMILES string of the molecule is Cc1cn2cc(-c3cc(=O)n4cc(N5CCC(C)(N)CC5)ccc4n3)cc2c(C)n1. The summed E-state index contributed by atoms with van der Waals surface area (Å²) in [5, 5.41) is 0. The van der Waals surface area contributed by atoms with E-state index in [1.165, 1.54) is 0 Å². The molecule has 4 aromatic heterocycles. The monoisotopic (exact) mass is 402 g/mol. The number of nitrogens with two attached hydrogens (primary N) is 1. The lowest BCUT2D eigenvalue weighted by molar-refractivity contribution is 0.364. The number of hydrogen-bond acceptors (Lipinski definition) is 5. The van der Waals surface area contributed by atoms with E-state index in [-0.39, 0.29) is 11.1 Å². The first-order valence-corrected chi connectivity index (χ1v) is 10.3. The van der Waals surface area contributed by atoms with Crippen molar-refractivity contribution in [3.8, 4) is 11.3 Å². The molecule has 154 valence electrons. The van der Waals surface area contributed by atoms with E-state index in [2.05, 4.69) is 16.8 Å². The first-order valence-electron chi connectivity index (χ1n) is 10.3. The van der Waals surface area contributed by atoms with Crippen LogP contribution in [0.5, 0.6) is 0 Å². The number of nitrogens with zero attached hydrogens (tertiary/aromatic N) is 5. The van der Waals surface area contributed by atoms with E-state index >= 15 is 0 Å². The number of aryl methyl sites for hydroxylation is 2. The number of fused-ring (bicyclic) bond motifs is 2. The summed E-state index contributed by atoms with van der Waals surface area (Å²) >= 11 is 0. The molecule has 0 unspecified atom stereocenters. The molecule has 0 saturated carbocycles. The van der Waals surface area contributed by atoms with Crippen LogP contribution in [-0.4, -0.2) is 37.4 Å². The first kappa shape index (κ1) is 18.8. The minimum Gasteiger partial charge on any atom is -0.370 e. The van der Waals surface area contributed by atoms with E-state index in [9.17, 15) is 4.79 Å². The maximum Gasteiger partial charge on any atom is 0.258 e. The summed E-state index contributed by atoms with van der Waals surface area (Å²) in [5.74, 6) is 0. The minimum absolute atomic E-state index is 0.0844. The number of hydrogen-bond donors (Lipinski definition) is 1. The van der Waals surface area contributed by atoms with Crippen LogP contribution in [0.1, 0.15) is 31.2 Å². The van der Waals surface area contributed by atoms with Gasteiger partial charge in [0, 0.05) is 48.8 Å². The zero-order valence-corrected chi connectivity index (χ0v) is 17.6. The Kier molecular flexibility index (Phi) is 4.18. The molecule has 1 saturated heterocycles. The van der Waals surface area contributed by atoms with Gasteiger partial charge in [0.15, 0.2) is 0 Å². The van der Waals surface area contributed by atoms with Gasteiger partial charge < -0.3 is 15.0 Å². The molecule has 1 fully saturated rings. The number of aromatic nitrogens is 4. The van der Waals surface area contributed by atoms with Crippen molar-refractivity contribution in [3.05, 3.63) is 64.6 Å². The van der Waals surface area contributed by atoms with Gasteiger partial charge in [-0.1, -0.05) is 0 Å². The summed E-state index contributed by atoms with van der Waals surface area (Å²) in [5.41, 5.74) is 12.2. The van der Waals surface area contributed by atoms with Gasteiger partial charge in [-0.2, -0.15) is 0 Å². The fourth-order valence-electron chi connectivity index (χ4n) is 4.27. The number of rotatable bonds is 2. The summed E-state index contributed by atoms with van der Waals surface area (Å²) in [6.07, 6.45) is 7.75. The smallest absolute Gasteiger partial charge is 0.258 e. The van der Waals surface area contributed by atoms with Crippen molar-refractivity contribution in [2.24, 2.45) is 5.73 Å². The summed E-state index contributed by atoms with van der Waals surface area (Å²) in [4.78, 5) is 24.5. The predicted octanol–water partition coefficient (Wildman–Crippen LogP) is 2.94. The van der Waals surface area contributed by atoms with E-state index < -0.39 is 0 Å². The highest BCUT2D eigenvalue weighted by atomic mass is 16.1. The molecule has 0 atom stereocenters. The molecule has 0 bridgehead atoms. The molecule has 0 aromatic carbocycles. The van der Waals surface area contributed by atoms with Gasteiger partial charge in [0.2, 0.25) is 0 Å². The highest BCUT2D eigenvalue weighted by molar-refractivity contribution is 5.70. The molecule has 30 heavy (non-hydrogen) atoms. The molecule has 0 amide bonds. The predicted molar refractivity (Wildman–Crippen MR) is 119 cm³/mol. The number of piperidine rings is 1. The molecule has 7 nitrogen and oxygen atoms in total. The van der Waals surface area contributed by atoms with Crippen molar-refractivity contribution in [1.82, 2.24) is 18.8 Å². The van der Waals surface area contributed by atoms with E-state index in [1.54, 1.807) is 10.5 Å². The lowest BCUT2D eigenvalue weighted by Crippen LogP contribution is -2.48. The Morgan fingerprint density at radius 2 is 1.80 bits per heavy atom. The van der Waals surface area contributed by atoms with Gasteiger partial charge in [-0.25, -0.2) is 4.98 Å². The third kappa shape index (κ3) is 3.25. The highest BCUT2D eigenvalue weighted by Gasteiger charge is 2.26. The van der Waals surface area contributed by atoms with E-state index in [4.69, 9.17) is 10.7 Å². The largest absolute Gasteiger partial charge is 0.370 e. The Labute approximate surface area is 174 Å². The lowest BCUT2D eigenvalue weighted by Gasteiger charge is -2.38. The quantitative estimate of drug-likeness (QED) is 0.558. The Balaban J connectivity index is 1.53. The van der Waals surface area contributed by atoms with Crippen molar-refractivity contribution in [1.29, 1.82) is 0 Å². The van der Waals surface area contributed by atoms with Crippen LogP contribution in [0, 0.1) is 13.8 Å². The van der Waals surface area contributed by atoms with Gasteiger partial charge in [-0.05, 0) is 51.8 Å². The van der Waals surface area contributed by atoms with Crippen LogP contribution < -0.4 is 16.2 Å². The van der Waals surface area contributed by atoms with Crippen molar-refractivity contribution in [2.45, 2.75) is 39.2 Å². The van der Waals surface area contributed by atoms with Crippen molar-refractivity contribution >= 4 is 16.9 Å². The summed E-state index contributed by atoms with van der Waals surface area (Å²) < 4.78 is 3.67. The average molecular weight is 403 g/mol. The van der Waals surface area contributed by atoms with Crippen molar-refractivity contribution < 1.29 is 0 Å². The standard InChI is InChI=1S/C23H26N6O/c1-15-12-28-13-17(10-20(28)16(2)25-15)19-11-22(30)29-14-18(4-5-21(29)26-19)27-8-6-23(3,24)7-9-27/h4-5,10-14H,6-9,24H2,1-3H3. The second kappa shape index (κ2) is 6.67. The molecule has 5 rings (SSSR count). The normalized spacial score (nSPS) is 16.5. The molecule has 0 radical (unpaired) electrons. The van der Waals surface area contributed by atoms with Gasteiger partial charge in [-0.15, -0.1) is 0 Å². The zero-order chi connectivity index (χ0) is 21.0. The lowest BCUT2D eigenvalue weighted by atomic mass is 9.91. The van der Waals surface area contributed by atoms with Crippen LogP contribution in [0.4, 0.5) is 5.69 Å². The second-order valence-electron chi connectivity index (χ2n) is 8.73. The van der Waals surface area contributed by atoms with Gasteiger partial charge >= 0.3 is 0 Å². The molecule has 2 N–H and O–H groups in total. The number of anilines is 1. The molecule has 0 aliphatic carbocycles. The molecular weight excluding hydrogens is 376 g/mol. The van der Waals surface area contributed by atoms with E-state index in [0.29, 0.717) is 11.3 Å². The van der Waals surface area contributed by atoms with Crippen molar-refractivity contribution in [2.75, 3.05) is 18.0 Å². The minimum atomic E-state index is -0.103. The topological polar surface area (TPSA) is 80.9 Å². The van der Waals surface area contributed by atoms with Gasteiger partial charge in [-0.3, -0.25) is 14.2 Å². The maximum absolute atomic E-state index is 12.9. The Hall–Kier alpha value is -3.19. The highest BCUT2D eigenvalue weighted by Crippen LogP contribution is 2.26. The van der Waals surface area contributed by atoms with Crippen LogP contribution in [0.25, 0.3) is 22.4 Å². The molecule has 4 aromatic rings. The van der Waals surface area contributed by atoms with Crippen molar-refractivity contribution in [3.63, 3.8) is 0 Å². The second-order valence-corrected chi connectivity index (χ2v) is 8.73. The first-order chi connectivity index (χ1) is 14.3. The Morgan fingerprint density at radius 1 is 1.03 bits per heavy atom. The average Bonchev–Trinajstić information content (AvgIpc) is 3.12. The van der Waals surface area contributed by atoms with Crippen LogP contribution in [0.2, 0.25) is 0 Å². The third-order valence-corrected chi connectivity index (χ3v) is 6.10. The van der Waals surface area contributed by atoms with Gasteiger partial charge in [0.1, 0.15) is 5.65 Å². The molecule has 1 aliphatic heterocycles. The van der Waals surface area contributed by atoms with Crippen LogP contribution in [0.3, 0.4) is 0 Å². The summed E-state index contributed by atoms with van der Waals surface area (Å²) in [6.45, 7) is 7.85. The van der Waals surface area contributed by atoms with E-state index in [0.717, 1.165) is 54.1 Å². The zero-order valence-electron chi connectivity index (χ0n) is 17.6. The molecule has 5 heterocycles. The van der Waals surface area contributed by atoms with Gasteiger partial charge in [0.05, 0.1) is 28.3 Å². The third-order valence-electron chi connectivity index (χ3n) is 6.10. The Bertz CT molecular complexity index is 1320. The number of pyridine rings is 1. The summed E-state index contributed by atoms with van der Waals surface area (Å²) in [7, 11) is 0. The fourth-order valence-corrected chi connectivity index (χ4v) is 4.27. The van der Waals surface area contributed by atoms with Crippen LogP contribution in [0.15, 0.2) is 47.7 Å². The van der Waals surface area contributed by atoms with Gasteiger partial charge in [0.25, 0.3) is 5.56 Å².